The standard InChI is InChI=1S/C24H38N4O3/c1-4-25-24(26-16-18-11-12-21(31-5-2)22(15-18)30-3)27-20-13-14-28(17-20)23(29)19-9-7-6-8-10-19/h11-12,15,19-20H,4-10,13-14,16-17H2,1-3H3,(H2,25,26,27). The van der Waals surface area contributed by atoms with Gasteiger partial charge < -0.3 is 25.0 Å². The van der Waals surface area contributed by atoms with Crippen LogP contribution < -0.4 is 20.1 Å². The van der Waals surface area contributed by atoms with Crippen molar-refractivity contribution in [2.24, 2.45) is 10.9 Å². The third-order valence-electron chi connectivity index (χ3n) is 6.09. The molecule has 1 saturated heterocycles. The molecule has 172 valence electrons. The van der Waals surface area contributed by atoms with Gasteiger partial charge in [0.15, 0.2) is 17.5 Å². The molecule has 1 aliphatic carbocycles. The van der Waals surface area contributed by atoms with E-state index < -0.39 is 0 Å². The zero-order valence-corrected chi connectivity index (χ0v) is 19.3. The lowest BCUT2D eigenvalue weighted by Crippen LogP contribution is -2.45. The second-order valence-electron chi connectivity index (χ2n) is 8.36. The van der Waals surface area contributed by atoms with Crippen LogP contribution in [0, 0.1) is 5.92 Å². The summed E-state index contributed by atoms with van der Waals surface area (Å²) in [7, 11) is 1.65. The smallest absolute Gasteiger partial charge is 0.225 e. The van der Waals surface area contributed by atoms with Crippen molar-refractivity contribution in [2.75, 3.05) is 33.4 Å². The van der Waals surface area contributed by atoms with Crippen LogP contribution >= 0.6 is 0 Å². The predicted octanol–water partition coefficient (Wildman–Crippen LogP) is 3.33. The minimum Gasteiger partial charge on any atom is -0.493 e. The maximum absolute atomic E-state index is 12.8. The third-order valence-corrected chi connectivity index (χ3v) is 6.09. The summed E-state index contributed by atoms with van der Waals surface area (Å²) in [5.41, 5.74) is 1.05. The molecule has 3 rings (SSSR count). The maximum Gasteiger partial charge on any atom is 0.225 e. The van der Waals surface area contributed by atoms with Crippen molar-refractivity contribution in [2.45, 2.75) is 65.0 Å². The van der Waals surface area contributed by atoms with E-state index in [0.717, 1.165) is 61.9 Å². The summed E-state index contributed by atoms with van der Waals surface area (Å²) >= 11 is 0. The molecule has 1 aliphatic heterocycles. The molecule has 0 bridgehead atoms. The molecule has 1 aromatic rings. The number of hydrogen-bond acceptors (Lipinski definition) is 4. The molecule has 0 spiro atoms. The van der Waals surface area contributed by atoms with Crippen LogP contribution in [0.2, 0.25) is 0 Å². The fourth-order valence-electron chi connectivity index (χ4n) is 4.45. The molecule has 1 saturated carbocycles. The monoisotopic (exact) mass is 430 g/mol. The quantitative estimate of drug-likeness (QED) is 0.489. The number of guanidine groups is 1. The van der Waals surface area contributed by atoms with Gasteiger partial charge >= 0.3 is 0 Å². The van der Waals surface area contributed by atoms with Gasteiger partial charge in [0.25, 0.3) is 0 Å². The second-order valence-corrected chi connectivity index (χ2v) is 8.36. The van der Waals surface area contributed by atoms with Crippen LogP contribution in [-0.2, 0) is 11.3 Å². The van der Waals surface area contributed by atoms with Gasteiger partial charge in [-0.3, -0.25) is 4.79 Å². The fraction of sp³-hybridized carbons (Fsp3) is 0.667. The first-order valence-electron chi connectivity index (χ1n) is 11.8. The highest BCUT2D eigenvalue weighted by Gasteiger charge is 2.31. The Morgan fingerprint density at radius 3 is 2.68 bits per heavy atom. The number of ether oxygens (including phenoxy) is 2. The molecular formula is C24H38N4O3. The molecule has 0 radical (unpaired) electrons. The van der Waals surface area contributed by atoms with E-state index in [9.17, 15) is 4.79 Å². The van der Waals surface area contributed by atoms with Gasteiger partial charge in [0.05, 0.1) is 20.3 Å². The molecule has 7 nitrogen and oxygen atoms in total. The van der Waals surface area contributed by atoms with E-state index in [2.05, 4.69) is 22.5 Å². The summed E-state index contributed by atoms with van der Waals surface area (Å²) in [5.74, 6) is 2.85. The Kier molecular flexibility index (Phi) is 8.85. The van der Waals surface area contributed by atoms with Gasteiger partial charge in [-0.2, -0.15) is 0 Å². The van der Waals surface area contributed by atoms with Crippen LogP contribution in [0.4, 0.5) is 0 Å². The van der Waals surface area contributed by atoms with Crippen molar-refractivity contribution in [3.63, 3.8) is 0 Å². The Morgan fingerprint density at radius 1 is 1.16 bits per heavy atom. The maximum atomic E-state index is 12.8. The van der Waals surface area contributed by atoms with Gasteiger partial charge in [0.1, 0.15) is 0 Å². The SMILES string of the molecule is CCNC(=NCc1ccc(OCC)c(OC)c1)NC1CCN(C(=O)C2CCCCC2)C1. The number of rotatable bonds is 8. The average Bonchev–Trinajstić information content (AvgIpc) is 3.27. The number of carbonyl (C=O) groups excluding carboxylic acids is 1. The van der Waals surface area contributed by atoms with Crippen molar-refractivity contribution in [3.05, 3.63) is 23.8 Å². The molecule has 1 unspecified atom stereocenters. The Morgan fingerprint density at radius 2 is 1.97 bits per heavy atom. The lowest BCUT2D eigenvalue weighted by molar-refractivity contribution is -0.135. The number of hydrogen-bond donors (Lipinski definition) is 2. The molecule has 2 fully saturated rings. The molecule has 31 heavy (non-hydrogen) atoms. The number of benzene rings is 1. The van der Waals surface area contributed by atoms with E-state index >= 15 is 0 Å². The van der Waals surface area contributed by atoms with Gasteiger partial charge in [-0.05, 0) is 50.8 Å². The van der Waals surface area contributed by atoms with Gasteiger partial charge in [-0.25, -0.2) is 4.99 Å². The van der Waals surface area contributed by atoms with Crippen molar-refractivity contribution in [1.29, 1.82) is 0 Å². The predicted molar refractivity (Wildman–Crippen MR) is 124 cm³/mol. The zero-order valence-electron chi connectivity index (χ0n) is 19.3. The van der Waals surface area contributed by atoms with E-state index in [-0.39, 0.29) is 12.0 Å². The Hall–Kier alpha value is -2.44. The molecular weight excluding hydrogens is 392 g/mol. The molecule has 1 atom stereocenters. The largest absolute Gasteiger partial charge is 0.493 e. The van der Waals surface area contributed by atoms with E-state index in [0.29, 0.717) is 19.1 Å². The normalized spacial score (nSPS) is 19.9. The highest BCUT2D eigenvalue weighted by molar-refractivity contribution is 5.81. The Balaban J connectivity index is 1.57. The summed E-state index contributed by atoms with van der Waals surface area (Å²) in [6.45, 7) is 7.54. The minimum atomic E-state index is 0.236. The van der Waals surface area contributed by atoms with E-state index in [4.69, 9.17) is 14.5 Å². The number of aliphatic imine (C=N–C) groups is 1. The van der Waals surface area contributed by atoms with E-state index in [1.165, 1.54) is 19.3 Å². The van der Waals surface area contributed by atoms with Crippen molar-refractivity contribution < 1.29 is 14.3 Å². The van der Waals surface area contributed by atoms with Crippen LogP contribution in [-0.4, -0.2) is 56.2 Å². The Bertz CT molecular complexity index is 746. The molecule has 1 amide bonds. The van der Waals surface area contributed by atoms with E-state index in [1.807, 2.05) is 25.1 Å². The zero-order chi connectivity index (χ0) is 22.1. The molecule has 2 N–H and O–H groups in total. The molecule has 2 aliphatic rings. The Labute approximate surface area is 186 Å². The molecule has 1 heterocycles. The summed E-state index contributed by atoms with van der Waals surface area (Å²) in [4.78, 5) is 19.6. The molecule has 0 aromatic heterocycles. The lowest BCUT2D eigenvalue weighted by Gasteiger charge is -2.26. The van der Waals surface area contributed by atoms with E-state index in [1.54, 1.807) is 7.11 Å². The topological polar surface area (TPSA) is 75.2 Å². The number of nitrogens with one attached hydrogen (secondary N) is 2. The van der Waals surface area contributed by atoms with Crippen molar-refractivity contribution >= 4 is 11.9 Å². The van der Waals surface area contributed by atoms with Crippen LogP contribution in [0.1, 0.15) is 57.9 Å². The van der Waals surface area contributed by atoms with Crippen LogP contribution in [0.5, 0.6) is 11.5 Å². The van der Waals surface area contributed by atoms with Crippen molar-refractivity contribution in [3.8, 4) is 11.5 Å². The highest BCUT2D eigenvalue weighted by atomic mass is 16.5. The van der Waals surface area contributed by atoms with Crippen LogP contribution in [0.25, 0.3) is 0 Å². The molecule has 7 heteroatoms. The van der Waals surface area contributed by atoms with Crippen LogP contribution in [0.15, 0.2) is 23.2 Å². The first kappa shape index (κ1) is 23.2. The van der Waals surface area contributed by atoms with Gasteiger partial charge in [0.2, 0.25) is 5.91 Å². The second kappa shape index (κ2) is 11.8. The first-order valence-corrected chi connectivity index (χ1v) is 11.8. The van der Waals surface area contributed by atoms with Gasteiger partial charge in [0, 0.05) is 31.6 Å². The number of likely N-dealkylation sites (tertiary alicyclic amines) is 1. The van der Waals surface area contributed by atoms with Gasteiger partial charge in [-0.15, -0.1) is 0 Å². The fourth-order valence-corrected chi connectivity index (χ4v) is 4.45. The lowest BCUT2D eigenvalue weighted by atomic mass is 9.88. The first-order chi connectivity index (χ1) is 15.1. The highest BCUT2D eigenvalue weighted by Crippen LogP contribution is 2.28. The van der Waals surface area contributed by atoms with Gasteiger partial charge in [-0.1, -0.05) is 25.3 Å². The summed E-state index contributed by atoms with van der Waals surface area (Å²) < 4.78 is 11.0. The number of nitrogens with zero attached hydrogens (tertiary/aromatic N) is 2. The van der Waals surface area contributed by atoms with Crippen LogP contribution in [0.3, 0.4) is 0 Å². The third kappa shape index (κ3) is 6.52. The summed E-state index contributed by atoms with van der Waals surface area (Å²) in [5, 5.41) is 6.85. The minimum absolute atomic E-state index is 0.236. The average molecular weight is 431 g/mol. The summed E-state index contributed by atoms with van der Waals surface area (Å²) in [6.07, 6.45) is 6.74. The number of carbonyl (C=O) groups is 1. The number of methoxy groups -OCH3 is 1. The van der Waals surface area contributed by atoms with Crippen molar-refractivity contribution in [1.82, 2.24) is 15.5 Å². The number of amides is 1. The molecule has 1 aromatic carbocycles. The summed E-state index contributed by atoms with van der Waals surface area (Å²) in [6, 6.07) is 6.15.